The van der Waals surface area contributed by atoms with Gasteiger partial charge in [-0.1, -0.05) is 30.3 Å². The summed E-state index contributed by atoms with van der Waals surface area (Å²) < 4.78 is 47.0. The van der Waals surface area contributed by atoms with Crippen LogP contribution in [-0.2, 0) is 17.5 Å². The van der Waals surface area contributed by atoms with Crippen molar-refractivity contribution in [2.75, 3.05) is 17.7 Å². The van der Waals surface area contributed by atoms with Crippen LogP contribution in [0.1, 0.15) is 17.0 Å². The molecule has 34 heavy (non-hydrogen) atoms. The normalized spacial score (nSPS) is 11.5. The van der Waals surface area contributed by atoms with Crippen LogP contribution in [0.25, 0.3) is 11.2 Å². The Labute approximate surface area is 197 Å². The van der Waals surface area contributed by atoms with Gasteiger partial charge in [-0.05, 0) is 36.2 Å². The van der Waals surface area contributed by atoms with Crippen molar-refractivity contribution in [3.8, 4) is 0 Å². The lowest BCUT2D eigenvalue weighted by Crippen LogP contribution is -2.16. The van der Waals surface area contributed by atoms with Gasteiger partial charge in [-0.15, -0.1) is 11.8 Å². The molecule has 7 nitrogen and oxygen atoms in total. The van der Waals surface area contributed by atoms with Crippen LogP contribution in [-0.4, -0.2) is 38.0 Å². The van der Waals surface area contributed by atoms with Crippen LogP contribution < -0.4 is 5.32 Å². The average Bonchev–Trinajstić information content (AvgIpc) is 3.19. The maximum Gasteiger partial charge on any atom is 0.449 e. The molecule has 1 amide bonds. The van der Waals surface area contributed by atoms with Crippen molar-refractivity contribution in [3.63, 3.8) is 0 Å². The van der Waals surface area contributed by atoms with E-state index >= 15 is 0 Å². The number of anilines is 1. The standard InChI is InChI=1S/C23H20F3N5O2S/c1-15-16(13-31-20-18(12-27-14-28-20)30-21(31)23(24,25)26)6-5-9-19(15)34-11-10-33-22(32)29-17-7-3-2-4-8-17/h2-9,12,14H,10-11,13H2,1H3,(H,29,32). The van der Waals surface area contributed by atoms with Gasteiger partial charge in [0.25, 0.3) is 0 Å². The quantitative estimate of drug-likeness (QED) is 0.272. The molecule has 11 heteroatoms. The number of nitrogens with one attached hydrogen (secondary N) is 1. The minimum Gasteiger partial charge on any atom is -0.448 e. The van der Waals surface area contributed by atoms with Gasteiger partial charge in [0.2, 0.25) is 5.82 Å². The number of fused-ring (bicyclic) bond motifs is 1. The van der Waals surface area contributed by atoms with Gasteiger partial charge in [0.1, 0.15) is 18.5 Å². The number of carbonyl (C=O) groups excluding carboxylic acids is 1. The van der Waals surface area contributed by atoms with E-state index in [-0.39, 0.29) is 24.3 Å². The summed E-state index contributed by atoms with van der Waals surface area (Å²) in [6, 6.07) is 14.4. The predicted molar refractivity (Wildman–Crippen MR) is 123 cm³/mol. The third-order valence-corrected chi connectivity index (χ3v) is 6.11. The summed E-state index contributed by atoms with van der Waals surface area (Å²) in [5.41, 5.74) is 2.39. The van der Waals surface area contributed by atoms with Crippen LogP contribution in [0.3, 0.4) is 0 Å². The molecule has 2 aromatic heterocycles. The second-order valence-corrected chi connectivity index (χ2v) is 8.40. The number of ether oxygens (including phenoxy) is 1. The molecule has 4 rings (SSSR count). The Balaban J connectivity index is 1.42. The van der Waals surface area contributed by atoms with Crippen molar-refractivity contribution < 1.29 is 22.7 Å². The van der Waals surface area contributed by atoms with Crippen LogP contribution in [0.15, 0.2) is 66.0 Å². The number of thioether (sulfide) groups is 1. The Morgan fingerprint density at radius 2 is 1.94 bits per heavy atom. The first-order valence-corrected chi connectivity index (χ1v) is 11.2. The number of carbonyl (C=O) groups is 1. The van der Waals surface area contributed by atoms with Crippen molar-refractivity contribution in [2.24, 2.45) is 0 Å². The number of benzene rings is 2. The van der Waals surface area contributed by atoms with Crippen molar-refractivity contribution in [1.82, 2.24) is 19.5 Å². The number of halogens is 3. The highest BCUT2D eigenvalue weighted by Gasteiger charge is 2.38. The van der Waals surface area contributed by atoms with Gasteiger partial charge >= 0.3 is 12.3 Å². The molecular formula is C23H20F3N5O2S. The fourth-order valence-corrected chi connectivity index (χ4v) is 4.27. The average molecular weight is 488 g/mol. The van der Waals surface area contributed by atoms with E-state index in [1.807, 2.05) is 19.1 Å². The lowest BCUT2D eigenvalue weighted by molar-refractivity contribution is -0.146. The lowest BCUT2D eigenvalue weighted by Gasteiger charge is -2.15. The maximum atomic E-state index is 13.6. The zero-order chi connectivity index (χ0) is 24.1. The Bertz CT molecular complexity index is 1300. The number of hydrogen-bond acceptors (Lipinski definition) is 6. The molecule has 0 aliphatic heterocycles. The summed E-state index contributed by atoms with van der Waals surface area (Å²) in [5.74, 6) is -0.528. The van der Waals surface area contributed by atoms with E-state index in [0.29, 0.717) is 17.0 Å². The van der Waals surface area contributed by atoms with Crippen molar-refractivity contribution >= 4 is 34.7 Å². The number of aromatic nitrogens is 4. The molecule has 0 aliphatic carbocycles. The van der Waals surface area contributed by atoms with Crippen LogP contribution in [0.2, 0.25) is 0 Å². The molecule has 0 spiro atoms. The lowest BCUT2D eigenvalue weighted by atomic mass is 10.1. The molecule has 0 atom stereocenters. The summed E-state index contributed by atoms with van der Waals surface area (Å²) >= 11 is 1.46. The summed E-state index contributed by atoms with van der Waals surface area (Å²) in [6.07, 6.45) is -2.71. The number of hydrogen-bond donors (Lipinski definition) is 1. The zero-order valence-electron chi connectivity index (χ0n) is 18.0. The fourth-order valence-electron chi connectivity index (χ4n) is 3.36. The molecule has 0 aliphatic rings. The highest BCUT2D eigenvalue weighted by atomic mass is 32.2. The summed E-state index contributed by atoms with van der Waals surface area (Å²) in [5, 5.41) is 2.64. The molecule has 2 aromatic carbocycles. The van der Waals surface area contributed by atoms with Gasteiger partial charge in [-0.2, -0.15) is 13.2 Å². The molecule has 0 saturated heterocycles. The minimum atomic E-state index is -4.63. The summed E-state index contributed by atoms with van der Waals surface area (Å²) in [6.45, 7) is 1.98. The van der Waals surface area contributed by atoms with Gasteiger partial charge in [-0.3, -0.25) is 5.32 Å². The van der Waals surface area contributed by atoms with E-state index in [1.54, 1.807) is 36.4 Å². The SMILES string of the molecule is Cc1c(Cn2c(C(F)(F)F)nc3cncnc32)cccc1SCCOC(=O)Nc1ccccc1. The van der Waals surface area contributed by atoms with Gasteiger partial charge in [0.15, 0.2) is 5.65 Å². The van der Waals surface area contributed by atoms with Crippen LogP contribution in [0.5, 0.6) is 0 Å². The molecular weight excluding hydrogens is 467 g/mol. The largest absolute Gasteiger partial charge is 0.449 e. The molecule has 0 fully saturated rings. The first kappa shape index (κ1) is 23.6. The molecule has 4 aromatic rings. The molecule has 176 valence electrons. The number of rotatable bonds is 7. The van der Waals surface area contributed by atoms with E-state index in [9.17, 15) is 18.0 Å². The number of imidazole rings is 1. The summed E-state index contributed by atoms with van der Waals surface area (Å²) in [7, 11) is 0. The molecule has 0 unspecified atom stereocenters. The Morgan fingerprint density at radius 1 is 1.15 bits per heavy atom. The minimum absolute atomic E-state index is 0.0431. The summed E-state index contributed by atoms with van der Waals surface area (Å²) in [4.78, 5) is 24.2. The Morgan fingerprint density at radius 3 is 2.71 bits per heavy atom. The number of alkyl halides is 3. The Hall–Kier alpha value is -3.60. The van der Waals surface area contributed by atoms with Crippen molar-refractivity contribution in [1.29, 1.82) is 0 Å². The molecule has 1 N–H and O–H groups in total. The third-order valence-electron chi connectivity index (χ3n) is 4.98. The van der Waals surface area contributed by atoms with E-state index < -0.39 is 18.1 Å². The molecule has 0 radical (unpaired) electrons. The predicted octanol–water partition coefficient (Wildman–Crippen LogP) is 5.54. The highest BCUT2D eigenvalue weighted by Crippen LogP contribution is 2.32. The highest BCUT2D eigenvalue weighted by molar-refractivity contribution is 7.99. The molecule has 0 saturated carbocycles. The molecule has 2 heterocycles. The van der Waals surface area contributed by atoms with Crippen LogP contribution in [0, 0.1) is 6.92 Å². The first-order chi connectivity index (χ1) is 16.3. The number of nitrogens with zero attached hydrogens (tertiary/aromatic N) is 4. The molecule has 0 bridgehead atoms. The second kappa shape index (κ2) is 10.1. The van der Waals surface area contributed by atoms with E-state index in [1.165, 1.54) is 24.3 Å². The first-order valence-electron chi connectivity index (χ1n) is 10.3. The van der Waals surface area contributed by atoms with Gasteiger partial charge in [-0.25, -0.2) is 19.7 Å². The van der Waals surface area contributed by atoms with Crippen molar-refractivity contribution in [2.45, 2.75) is 24.5 Å². The van der Waals surface area contributed by atoms with Gasteiger partial charge in [0.05, 0.1) is 12.7 Å². The second-order valence-electron chi connectivity index (χ2n) is 7.27. The smallest absolute Gasteiger partial charge is 0.448 e. The number of amides is 1. The van der Waals surface area contributed by atoms with Crippen molar-refractivity contribution in [3.05, 3.63) is 78.0 Å². The fraction of sp³-hybridized carbons (Fsp3) is 0.217. The maximum absolute atomic E-state index is 13.6. The van der Waals surface area contributed by atoms with Crippen LogP contribution in [0.4, 0.5) is 23.7 Å². The van der Waals surface area contributed by atoms with E-state index in [2.05, 4.69) is 20.3 Å². The zero-order valence-corrected chi connectivity index (χ0v) is 18.9. The third kappa shape index (κ3) is 5.48. The van der Waals surface area contributed by atoms with Crippen LogP contribution >= 0.6 is 11.8 Å². The topological polar surface area (TPSA) is 81.9 Å². The van der Waals surface area contributed by atoms with Gasteiger partial charge < -0.3 is 9.30 Å². The van der Waals surface area contributed by atoms with Gasteiger partial charge in [0, 0.05) is 16.3 Å². The Kier molecular flexibility index (Phi) is 7.01. The van der Waals surface area contributed by atoms with E-state index in [4.69, 9.17) is 4.74 Å². The number of para-hydroxylation sites is 1. The van der Waals surface area contributed by atoms with E-state index in [0.717, 1.165) is 15.0 Å². The monoisotopic (exact) mass is 487 g/mol.